The molecule has 1 heterocycles. The molecule has 3 rings (SSSR count). The highest BCUT2D eigenvalue weighted by atomic mass is 16.6. The van der Waals surface area contributed by atoms with E-state index in [0.29, 0.717) is 34.8 Å². The third-order valence-corrected chi connectivity index (χ3v) is 6.12. The summed E-state index contributed by atoms with van der Waals surface area (Å²) in [6.45, 7) is 13.7. The number of methoxy groups -OCH3 is 1. The van der Waals surface area contributed by atoms with E-state index >= 15 is 0 Å². The zero-order valence-electron chi connectivity index (χ0n) is 24.6. The summed E-state index contributed by atoms with van der Waals surface area (Å²) >= 11 is 0. The zero-order chi connectivity index (χ0) is 29.6. The SMILES string of the molecule is COC(=O)c1ccc(C(=O)Nc2c(C)nc(CC(C)C)c(CNC(=O)OC(C)(C)C)c2-c2ccc(C)cc2)cc1. The molecular weight excluding hydrogens is 506 g/mol. The number of hydrogen-bond acceptors (Lipinski definition) is 6. The predicted octanol–water partition coefficient (Wildman–Crippen LogP) is 6.63. The van der Waals surface area contributed by atoms with Crippen LogP contribution in [0.15, 0.2) is 48.5 Å². The van der Waals surface area contributed by atoms with Gasteiger partial charge >= 0.3 is 12.1 Å². The quantitative estimate of drug-likeness (QED) is 0.308. The van der Waals surface area contributed by atoms with E-state index in [2.05, 4.69) is 24.5 Å². The van der Waals surface area contributed by atoms with Crippen LogP contribution in [0.25, 0.3) is 11.1 Å². The minimum atomic E-state index is -0.640. The third-order valence-electron chi connectivity index (χ3n) is 6.12. The number of nitrogens with one attached hydrogen (secondary N) is 2. The van der Waals surface area contributed by atoms with Gasteiger partial charge in [0.25, 0.3) is 5.91 Å². The Bertz CT molecular complexity index is 1370. The highest BCUT2D eigenvalue weighted by molar-refractivity contribution is 6.07. The molecule has 8 heteroatoms. The number of esters is 1. The van der Waals surface area contributed by atoms with Gasteiger partial charge in [-0.2, -0.15) is 0 Å². The van der Waals surface area contributed by atoms with Gasteiger partial charge in [-0.05, 0) is 76.8 Å². The Hall–Kier alpha value is -4.20. The van der Waals surface area contributed by atoms with E-state index in [4.69, 9.17) is 14.5 Å². The largest absolute Gasteiger partial charge is 0.465 e. The molecule has 0 spiro atoms. The lowest BCUT2D eigenvalue weighted by molar-refractivity contribution is 0.0522. The van der Waals surface area contributed by atoms with Gasteiger partial charge in [-0.1, -0.05) is 43.7 Å². The van der Waals surface area contributed by atoms with Crippen LogP contribution in [0.1, 0.15) is 77.8 Å². The number of hydrogen-bond donors (Lipinski definition) is 2. The van der Waals surface area contributed by atoms with Crippen molar-refractivity contribution in [1.29, 1.82) is 0 Å². The molecule has 0 aliphatic carbocycles. The van der Waals surface area contributed by atoms with E-state index in [9.17, 15) is 14.4 Å². The number of pyridine rings is 1. The summed E-state index contributed by atoms with van der Waals surface area (Å²) < 4.78 is 10.2. The van der Waals surface area contributed by atoms with Gasteiger partial charge in [0, 0.05) is 28.9 Å². The molecule has 0 fully saturated rings. The van der Waals surface area contributed by atoms with E-state index < -0.39 is 17.7 Å². The first-order valence-electron chi connectivity index (χ1n) is 13.3. The maximum absolute atomic E-state index is 13.4. The van der Waals surface area contributed by atoms with Crippen molar-refractivity contribution in [1.82, 2.24) is 10.3 Å². The molecule has 0 unspecified atom stereocenters. The Balaban J connectivity index is 2.12. The molecule has 3 aromatic rings. The van der Waals surface area contributed by atoms with Crippen LogP contribution in [0.2, 0.25) is 0 Å². The maximum atomic E-state index is 13.4. The molecular formula is C32H39N3O5. The van der Waals surface area contributed by atoms with Gasteiger partial charge in [-0.15, -0.1) is 0 Å². The van der Waals surface area contributed by atoms with Gasteiger partial charge in [-0.3, -0.25) is 9.78 Å². The van der Waals surface area contributed by atoms with E-state index in [1.165, 1.54) is 7.11 Å². The van der Waals surface area contributed by atoms with Crippen molar-refractivity contribution in [2.45, 2.75) is 67.0 Å². The van der Waals surface area contributed by atoms with Gasteiger partial charge in [0.2, 0.25) is 0 Å². The van der Waals surface area contributed by atoms with Crippen LogP contribution in [0, 0.1) is 19.8 Å². The highest BCUT2D eigenvalue weighted by Crippen LogP contribution is 2.37. The van der Waals surface area contributed by atoms with Gasteiger partial charge in [0.1, 0.15) is 5.60 Å². The minimum absolute atomic E-state index is 0.171. The van der Waals surface area contributed by atoms with E-state index in [1.54, 1.807) is 24.3 Å². The molecule has 1 aromatic heterocycles. The topological polar surface area (TPSA) is 107 Å². The summed E-state index contributed by atoms with van der Waals surface area (Å²) in [7, 11) is 1.31. The second-order valence-corrected chi connectivity index (χ2v) is 11.2. The average molecular weight is 546 g/mol. The molecule has 0 aliphatic heterocycles. The fourth-order valence-corrected chi connectivity index (χ4v) is 4.28. The molecule has 0 atom stereocenters. The summed E-state index contributed by atoms with van der Waals surface area (Å²) in [4.78, 5) is 42.7. The second-order valence-electron chi connectivity index (χ2n) is 11.2. The number of anilines is 1. The van der Waals surface area contributed by atoms with E-state index in [1.807, 2.05) is 58.9 Å². The third kappa shape index (κ3) is 7.91. The van der Waals surface area contributed by atoms with Crippen LogP contribution in [0.5, 0.6) is 0 Å². The van der Waals surface area contributed by atoms with Crippen molar-refractivity contribution in [2.24, 2.45) is 5.92 Å². The van der Waals surface area contributed by atoms with Crippen LogP contribution in [-0.2, 0) is 22.4 Å². The van der Waals surface area contributed by atoms with Crippen LogP contribution >= 0.6 is 0 Å². The first kappa shape index (κ1) is 30.3. The number of alkyl carbamates (subject to hydrolysis) is 1. The summed E-state index contributed by atoms with van der Waals surface area (Å²) in [5.74, 6) is -0.513. The first-order valence-corrected chi connectivity index (χ1v) is 13.3. The standard InChI is InChI=1S/C32H39N3O5/c1-19(2)17-26-25(18-33-31(38)40-32(5,6)7)27(22-11-9-20(3)10-12-22)28(21(4)34-26)35-29(36)23-13-15-24(16-14-23)30(37)39-8/h9-16,19H,17-18H2,1-8H3,(H,33,38)(H,35,36). The molecule has 212 valence electrons. The minimum Gasteiger partial charge on any atom is -0.465 e. The Morgan fingerprint density at radius 1 is 0.925 bits per heavy atom. The highest BCUT2D eigenvalue weighted by Gasteiger charge is 2.24. The van der Waals surface area contributed by atoms with Crippen LogP contribution in [-0.4, -0.2) is 35.7 Å². The number of aromatic nitrogens is 1. The number of benzene rings is 2. The van der Waals surface area contributed by atoms with Crippen molar-refractivity contribution in [3.8, 4) is 11.1 Å². The van der Waals surface area contributed by atoms with Crippen molar-refractivity contribution in [3.63, 3.8) is 0 Å². The van der Waals surface area contributed by atoms with E-state index in [-0.39, 0.29) is 12.5 Å². The Morgan fingerprint density at radius 2 is 1.52 bits per heavy atom. The molecule has 0 aliphatic rings. The fourth-order valence-electron chi connectivity index (χ4n) is 4.28. The van der Waals surface area contributed by atoms with Crippen LogP contribution < -0.4 is 10.6 Å². The summed E-state index contributed by atoms with van der Waals surface area (Å²) in [5, 5.41) is 5.94. The molecule has 0 radical (unpaired) electrons. The molecule has 2 N–H and O–H groups in total. The number of rotatable bonds is 8. The van der Waals surface area contributed by atoms with Gasteiger partial charge in [0.15, 0.2) is 0 Å². The number of aryl methyl sites for hydroxylation is 2. The molecule has 0 bridgehead atoms. The molecule has 2 amide bonds. The number of carbonyl (C=O) groups is 3. The number of ether oxygens (including phenoxy) is 2. The first-order chi connectivity index (χ1) is 18.8. The molecule has 0 saturated heterocycles. The lowest BCUT2D eigenvalue weighted by atomic mass is 9.92. The Morgan fingerprint density at radius 3 is 2.08 bits per heavy atom. The van der Waals surface area contributed by atoms with Crippen molar-refractivity contribution in [3.05, 3.63) is 82.2 Å². The lowest BCUT2D eigenvalue weighted by Gasteiger charge is -2.24. The Labute approximate surface area is 236 Å². The summed E-state index contributed by atoms with van der Waals surface area (Å²) in [6.07, 6.45) is 0.156. The normalized spacial score (nSPS) is 11.2. The number of carbonyl (C=O) groups excluding carboxylic acids is 3. The van der Waals surface area contributed by atoms with Crippen molar-refractivity contribution >= 4 is 23.7 Å². The summed E-state index contributed by atoms with van der Waals surface area (Å²) in [6, 6.07) is 14.3. The van der Waals surface area contributed by atoms with Gasteiger partial charge < -0.3 is 20.1 Å². The monoisotopic (exact) mass is 545 g/mol. The second kappa shape index (κ2) is 12.8. The maximum Gasteiger partial charge on any atom is 0.407 e. The smallest absolute Gasteiger partial charge is 0.407 e. The van der Waals surface area contributed by atoms with Crippen LogP contribution in [0.4, 0.5) is 10.5 Å². The van der Waals surface area contributed by atoms with E-state index in [0.717, 1.165) is 27.9 Å². The predicted molar refractivity (Wildman–Crippen MR) is 156 cm³/mol. The lowest BCUT2D eigenvalue weighted by Crippen LogP contribution is -2.32. The molecule has 8 nitrogen and oxygen atoms in total. The fraction of sp³-hybridized carbons (Fsp3) is 0.375. The average Bonchev–Trinajstić information content (AvgIpc) is 2.88. The Kier molecular flexibility index (Phi) is 9.69. The van der Waals surface area contributed by atoms with Crippen molar-refractivity contribution in [2.75, 3.05) is 12.4 Å². The van der Waals surface area contributed by atoms with Crippen molar-refractivity contribution < 1.29 is 23.9 Å². The number of nitrogens with zero attached hydrogens (tertiary/aromatic N) is 1. The summed E-state index contributed by atoms with van der Waals surface area (Å²) in [5.41, 5.74) is 5.74. The van der Waals surface area contributed by atoms with Gasteiger partial charge in [0.05, 0.1) is 24.1 Å². The molecule has 40 heavy (non-hydrogen) atoms. The van der Waals surface area contributed by atoms with Gasteiger partial charge in [-0.25, -0.2) is 9.59 Å². The molecule has 0 saturated carbocycles. The van der Waals surface area contributed by atoms with Crippen LogP contribution in [0.3, 0.4) is 0 Å². The zero-order valence-corrected chi connectivity index (χ0v) is 24.6. The molecule has 2 aromatic carbocycles. The number of amides is 2.